The van der Waals surface area contributed by atoms with Gasteiger partial charge in [0.25, 0.3) is 5.91 Å². The Bertz CT molecular complexity index is 852. The van der Waals surface area contributed by atoms with Gasteiger partial charge < -0.3 is 16.0 Å². The quantitative estimate of drug-likeness (QED) is 0.602. The van der Waals surface area contributed by atoms with Gasteiger partial charge in [0.2, 0.25) is 5.91 Å². The van der Waals surface area contributed by atoms with Crippen LogP contribution in [0.1, 0.15) is 41.0 Å². The fourth-order valence-corrected chi connectivity index (χ4v) is 2.56. The van der Waals surface area contributed by atoms with Crippen LogP contribution in [0.3, 0.4) is 0 Å². The summed E-state index contributed by atoms with van der Waals surface area (Å²) in [6.45, 7) is 3.94. The second kappa shape index (κ2) is 9.73. The van der Waals surface area contributed by atoms with Crippen LogP contribution in [-0.4, -0.2) is 30.7 Å². The minimum absolute atomic E-state index is 0.0568. The lowest BCUT2D eigenvalue weighted by Gasteiger charge is -2.13. The first-order valence-corrected chi connectivity index (χ1v) is 9.01. The van der Waals surface area contributed by atoms with Crippen LogP contribution in [0.2, 0.25) is 5.02 Å². The molecule has 0 radical (unpaired) electrons. The van der Waals surface area contributed by atoms with Crippen molar-refractivity contribution in [2.75, 3.05) is 23.7 Å². The Kier molecular flexibility index (Phi) is 7.37. The Morgan fingerprint density at radius 1 is 1.07 bits per heavy atom. The molecule has 27 heavy (non-hydrogen) atoms. The molecule has 0 saturated heterocycles. The smallest absolute Gasteiger partial charge is 0.253 e. The van der Waals surface area contributed by atoms with E-state index < -0.39 is 0 Å². The SMILES string of the molecule is CCCNC(=O)c1ccc(Cl)cc1NCC(=O)Nc1cccc(C(C)=O)c1. The summed E-state index contributed by atoms with van der Waals surface area (Å²) >= 11 is 6.01. The predicted octanol–water partition coefficient (Wildman–Crippen LogP) is 3.73. The summed E-state index contributed by atoms with van der Waals surface area (Å²) in [6.07, 6.45) is 0.823. The number of halogens is 1. The molecule has 2 aromatic carbocycles. The molecule has 0 unspecified atom stereocenters. The van der Waals surface area contributed by atoms with Crippen LogP contribution >= 0.6 is 11.6 Å². The van der Waals surface area contributed by atoms with Gasteiger partial charge >= 0.3 is 0 Å². The monoisotopic (exact) mass is 387 g/mol. The van der Waals surface area contributed by atoms with Crippen molar-refractivity contribution in [1.82, 2.24) is 5.32 Å². The predicted molar refractivity (Wildman–Crippen MR) is 108 cm³/mol. The van der Waals surface area contributed by atoms with Crippen LogP contribution in [0.5, 0.6) is 0 Å². The van der Waals surface area contributed by atoms with Gasteiger partial charge in [0.15, 0.2) is 5.78 Å². The molecule has 142 valence electrons. The third-order valence-electron chi connectivity index (χ3n) is 3.75. The zero-order chi connectivity index (χ0) is 19.8. The molecule has 2 amide bonds. The maximum Gasteiger partial charge on any atom is 0.253 e. The lowest BCUT2D eigenvalue weighted by molar-refractivity contribution is -0.114. The Balaban J connectivity index is 2.04. The Labute approximate surface area is 163 Å². The van der Waals surface area contributed by atoms with Crippen molar-refractivity contribution in [2.45, 2.75) is 20.3 Å². The second-order valence-electron chi connectivity index (χ2n) is 5.98. The lowest BCUT2D eigenvalue weighted by atomic mass is 10.1. The van der Waals surface area contributed by atoms with Crippen LogP contribution in [-0.2, 0) is 4.79 Å². The fraction of sp³-hybridized carbons (Fsp3) is 0.250. The molecule has 0 aliphatic carbocycles. The highest BCUT2D eigenvalue weighted by Gasteiger charge is 2.13. The normalized spacial score (nSPS) is 10.2. The maximum atomic E-state index is 12.2. The number of Topliss-reactive ketones (excluding diaryl/α,β-unsaturated/α-hetero) is 1. The van der Waals surface area contributed by atoms with Crippen LogP contribution in [0.25, 0.3) is 0 Å². The molecule has 0 heterocycles. The van der Waals surface area contributed by atoms with E-state index in [1.165, 1.54) is 6.92 Å². The molecule has 0 atom stereocenters. The number of rotatable bonds is 8. The van der Waals surface area contributed by atoms with Gasteiger partial charge in [-0.15, -0.1) is 0 Å². The van der Waals surface area contributed by atoms with Gasteiger partial charge in [0.05, 0.1) is 12.1 Å². The zero-order valence-corrected chi connectivity index (χ0v) is 16.0. The third kappa shape index (κ3) is 6.11. The van der Waals surface area contributed by atoms with Gasteiger partial charge in [0.1, 0.15) is 0 Å². The minimum atomic E-state index is -0.310. The summed E-state index contributed by atoms with van der Waals surface area (Å²) in [5.41, 5.74) is 1.94. The summed E-state index contributed by atoms with van der Waals surface area (Å²) in [5.74, 6) is -0.618. The minimum Gasteiger partial charge on any atom is -0.375 e. The van der Waals surface area contributed by atoms with Crippen molar-refractivity contribution >= 4 is 40.6 Å². The number of carbonyl (C=O) groups is 3. The fourth-order valence-electron chi connectivity index (χ4n) is 2.39. The molecule has 0 fully saturated rings. The molecule has 0 bridgehead atoms. The molecule has 3 N–H and O–H groups in total. The highest BCUT2D eigenvalue weighted by Crippen LogP contribution is 2.21. The van der Waals surface area contributed by atoms with E-state index in [2.05, 4.69) is 16.0 Å². The molecule has 6 nitrogen and oxygen atoms in total. The molecule has 0 saturated carbocycles. The van der Waals surface area contributed by atoms with Gasteiger partial charge in [-0.25, -0.2) is 0 Å². The molecule has 7 heteroatoms. The summed E-state index contributed by atoms with van der Waals surface area (Å²) in [6, 6.07) is 11.5. The van der Waals surface area contributed by atoms with Crippen LogP contribution in [0.15, 0.2) is 42.5 Å². The highest BCUT2D eigenvalue weighted by molar-refractivity contribution is 6.31. The van der Waals surface area contributed by atoms with Crippen LogP contribution < -0.4 is 16.0 Å². The van der Waals surface area contributed by atoms with E-state index in [0.29, 0.717) is 34.1 Å². The van der Waals surface area contributed by atoms with Crippen molar-refractivity contribution in [1.29, 1.82) is 0 Å². The van der Waals surface area contributed by atoms with Gasteiger partial charge in [-0.2, -0.15) is 0 Å². The number of benzene rings is 2. The first-order valence-electron chi connectivity index (χ1n) is 8.63. The molecule has 0 aliphatic heterocycles. The average Bonchev–Trinajstić information content (AvgIpc) is 2.64. The van der Waals surface area contributed by atoms with E-state index in [4.69, 9.17) is 11.6 Å². The number of anilines is 2. The second-order valence-corrected chi connectivity index (χ2v) is 6.42. The van der Waals surface area contributed by atoms with Gasteiger partial charge in [0, 0.05) is 28.5 Å². The van der Waals surface area contributed by atoms with E-state index >= 15 is 0 Å². The number of hydrogen-bond acceptors (Lipinski definition) is 4. The van der Waals surface area contributed by atoms with Crippen molar-refractivity contribution in [3.05, 3.63) is 58.6 Å². The maximum absolute atomic E-state index is 12.2. The van der Waals surface area contributed by atoms with E-state index in [9.17, 15) is 14.4 Å². The summed E-state index contributed by atoms with van der Waals surface area (Å²) in [4.78, 5) is 35.9. The number of hydrogen-bond donors (Lipinski definition) is 3. The van der Waals surface area contributed by atoms with E-state index in [1.807, 2.05) is 6.92 Å². The molecular formula is C20H22ClN3O3. The average molecular weight is 388 g/mol. The van der Waals surface area contributed by atoms with Crippen molar-refractivity contribution < 1.29 is 14.4 Å². The zero-order valence-electron chi connectivity index (χ0n) is 15.3. The van der Waals surface area contributed by atoms with E-state index in [0.717, 1.165) is 6.42 Å². The Morgan fingerprint density at radius 3 is 2.56 bits per heavy atom. The largest absolute Gasteiger partial charge is 0.375 e. The Morgan fingerprint density at radius 2 is 1.85 bits per heavy atom. The van der Waals surface area contributed by atoms with Crippen molar-refractivity contribution in [3.63, 3.8) is 0 Å². The van der Waals surface area contributed by atoms with Crippen LogP contribution in [0, 0.1) is 0 Å². The van der Waals surface area contributed by atoms with Crippen LogP contribution in [0.4, 0.5) is 11.4 Å². The van der Waals surface area contributed by atoms with Gasteiger partial charge in [-0.3, -0.25) is 14.4 Å². The third-order valence-corrected chi connectivity index (χ3v) is 3.99. The molecule has 2 rings (SSSR count). The number of carbonyl (C=O) groups excluding carboxylic acids is 3. The summed E-state index contributed by atoms with van der Waals surface area (Å²) in [7, 11) is 0. The van der Waals surface area contributed by atoms with Crippen molar-refractivity contribution in [3.8, 4) is 0 Å². The Hall–Kier alpha value is -2.86. The summed E-state index contributed by atoms with van der Waals surface area (Å²) < 4.78 is 0. The number of amides is 2. The molecule has 2 aromatic rings. The first-order chi connectivity index (χ1) is 12.9. The standard InChI is InChI=1S/C20H22ClN3O3/c1-3-9-22-20(27)17-8-7-15(21)11-18(17)23-12-19(26)24-16-6-4-5-14(10-16)13(2)25/h4-8,10-11,23H,3,9,12H2,1-2H3,(H,22,27)(H,24,26). The highest BCUT2D eigenvalue weighted by atomic mass is 35.5. The molecular weight excluding hydrogens is 366 g/mol. The van der Waals surface area contributed by atoms with Crippen molar-refractivity contribution in [2.24, 2.45) is 0 Å². The summed E-state index contributed by atoms with van der Waals surface area (Å²) in [5, 5.41) is 8.92. The molecule has 0 aromatic heterocycles. The lowest BCUT2D eigenvalue weighted by Crippen LogP contribution is -2.27. The topological polar surface area (TPSA) is 87.3 Å². The van der Waals surface area contributed by atoms with Gasteiger partial charge in [-0.05, 0) is 43.7 Å². The first kappa shape index (κ1) is 20.5. The number of ketones is 1. The van der Waals surface area contributed by atoms with E-state index in [-0.39, 0.29) is 24.1 Å². The van der Waals surface area contributed by atoms with Gasteiger partial charge in [-0.1, -0.05) is 30.7 Å². The number of nitrogens with one attached hydrogen (secondary N) is 3. The van der Waals surface area contributed by atoms with E-state index in [1.54, 1.807) is 42.5 Å². The molecule has 0 spiro atoms. The molecule has 0 aliphatic rings.